The summed E-state index contributed by atoms with van der Waals surface area (Å²) in [5.41, 5.74) is 1.05. The molecule has 0 aromatic heterocycles. The van der Waals surface area contributed by atoms with Crippen LogP contribution >= 0.6 is 15.9 Å². The average Bonchev–Trinajstić information content (AvgIpc) is 2.66. The summed E-state index contributed by atoms with van der Waals surface area (Å²) < 4.78 is 27.8. The Morgan fingerprint density at radius 2 is 1.75 bits per heavy atom. The highest BCUT2D eigenvalue weighted by molar-refractivity contribution is 9.10. The first-order valence-corrected chi connectivity index (χ1v) is 9.40. The Bertz CT molecular complexity index is 563. The molecule has 0 heterocycles. The molecule has 0 aliphatic heterocycles. The molecule has 5 heteroatoms. The van der Waals surface area contributed by atoms with Crippen molar-refractivity contribution in [1.82, 2.24) is 4.31 Å². The fourth-order valence-electron chi connectivity index (χ4n) is 2.79. The number of rotatable bonds is 3. The molecule has 0 unspecified atom stereocenters. The molecule has 1 aliphatic rings. The molecule has 1 aromatic carbocycles. The zero-order valence-corrected chi connectivity index (χ0v) is 14.5. The molecule has 0 bridgehead atoms. The SMILES string of the molecule is Cc1ccc(S(=O)(=O)N(C)C2CCCCCC2)c(Br)c1. The molecule has 1 fully saturated rings. The lowest BCUT2D eigenvalue weighted by molar-refractivity contribution is 0.335. The van der Waals surface area contributed by atoms with Crippen molar-refractivity contribution in [2.24, 2.45) is 0 Å². The molecule has 1 aliphatic carbocycles. The fraction of sp³-hybridized carbons (Fsp3) is 0.600. The van der Waals surface area contributed by atoms with E-state index < -0.39 is 10.0 Å². The van der Waals surface area contributed by atoms with Crippen molar-refractivity contribution in [2.75, 3.05) is 7.05 Å². The van der Waals surface area contributed by atoms with E-state index in [4.69, 9.17) is 0 Å². The first-order valence-electron chi connectivity index (χ1n) is 7.17. The minimum atomic E-state index is -3.42. The summed E-state index contributed by atoms with van der Waals surface area (Å²) in [6, 6.07) is 5.53. The van der Waals surface area contributed by atoms with E-state index in [-0.39, 0.29) is 6.04 Å². The van der Waals surface area contributed by atoms with E-state index in [1.807, 2.05) is 19.1 Å². The highest BCUT2D eigenvalue weighted by atomic mass is 79.9. The Morgan fingerprint density at radius 1 is 1.15 bits per heavy atom. The average molecular weight is 360 g/mol. The summed E-state index contributed by atoms with van der Waals surface area (Å²) in [7, 11) is -1.70. The van der Waals surface area contributed by atoms with Crippen LogP contribution in [0.5, 0.6) is 0 Å². The predicted octanol–water partition coefficient (Wildman–Crippen LogP) is 4.10. The molecule has 112 valence electrons. The Labute approximate surface area is 130 Å². The summed E-state index contributed by atoms with van der Waals surface area (Å²) in [5.74, 6) is 0. The highest BCUT2D eigenvalue weighted by Crippen LogP contribution is 2.29. The van der Waals surface area contributed by atoms with Crippen LogP contribution in [-0.4, -0.2) is 25.8 Å². The van der Waals surface area contributed by atoms with Crippen LogP contribution in [0.2, 0.25) is 0 Å². The number of hydrogen-bond acceptors (Lipinski definition) is 2. The van der Waals surface area contributed by atoms with Crippen molar-refractivity contribution in [3.8, 4) is 0 Å². The monoisotopic (exact) mass is 359 g/mol. The second-order valence-corrected chi connectivity index (χ2v) is 8.42. The summed E-state index contributed by atoms with van der Waals surface area (Å²) in [6.45, 7) is 1.95. The quantitative estimate of drug-likeness (QED) is 0.761. The zero-order chi connectivity index (χ0) is 14.8. The van der Waals surface area contributed by atoms with Crippen LogP contribution in [0.25, 0.3) is 0 Å². The Balaban J connectivity index is 2.28. The van der Waals surface area contributed by atoms with E-state index in [9.17, 15) is 8.42 Å². The third-order valence-electron chi connectivity index (χ3n) is 4.08. The van der Waals surface area contributed by atoms with Gasteiger partial charge in [0.1, 0.15) is 0 Å². The molecule has 0 atom stereocenters. The van der Waals surface area contributed by atoms with Crippen LogP contribution in [0.15, 0.2) is 27.6 Å². The van der Waals surface area contributed by atoms with Gasteiger partial charge in [-0.2, -0.15) is 4.31 Å². The molecule has 0 saturated heterocycles. The minimum Gasteiger partial charge on any atom is -0.207 e. The van der Waals surface area contributed by atoms with E-state index in [1.165, 1.54) is 12.8 Å². The largest absolute Gasteiger partial charge is 0.244 e. The van der Waals surface area contributed by atoms with E-state index in [0.29, 0.717) is 9.37 Å². The Hall–Kier alpha value is -0.390. The third-order valence-corrected chi connectivity index (χ3v) is 6.97. The molecule has 3 nitrogen and oxygen atoms in total. The maximum atomic E-state index is 12.8. The van der Waals surface area contributed by atoms with Crippen LogP contribution in [0, 0.1) is 6.92 Å². The number of benzene rings is 1. The van der Waals surface area contributed by atoms with Crippen molar-refractivity contribution >= 4 is 26.0 Å². The van der Waals surface area contributed by atoms with Crippen molar-refractivity contribution in [3.63, 3.8) is 0 Å². The molecule has 2 rings (SSSR count). The molecule has 0 N–H and O–H groups in total. The molecule has 0 spiro atoms. The summed E-state index contributed by atoms with van der Waals surface area (Å²) in [4.78, 5) is 0.370. The summed E-state index contributed by atoms with van der Waals surface area (Å²) >= 11 is 3.38. The second-order valence-electron chi connectivity index (χ2n) is 5.60. The second kappa shape index (κ2) is 6.58. The molecular weight excluding hydrogens is 338 g/mol. The summed E-state index contributed by atoms with van der Waals surface area (Å²) in [6.07, 6.45) is 6.63. The van der Waals surface area contributed by atoms with Gasteiger partial charge in [-0.25, -0.2) is 8.42 Å². The van der Waals surface area contributed by atoms with Gasteiger partial charge in [0.05, 0.1) is 4.90 Å². The fourth-order valence-corrected chi connectivity index (χ4v) is 5.35. The molecule has 20 heavy (non-hydrogen) atoms. The van der Waals surface area contributed by atoms with Crippen molar-refractivity contribution in [1.29, 1.82) is 0 Å². The third kappa shape index (κ3) is 3.43. The van der Waals surface area contributed by atoms with Gasteiger partial charge in [-0.1, -0.05) is 31.7 Å². The van der Waals surface area contributed by atoms with Crippen LogP contribution in [0.4, 0.5) is 0 Å². The van der Waals surface area contributed by atoms with E-state index >= 15 is 0 Å². The lowest BCUT2D eigenvalue weighted by atomic mass is 10.1. The minimum absolute atomic E-state index is 0.135. The van der Waals surface area contributed by atoms with Gasteiger partial charge in [0, 0.05) is 17.6 Å². The molecule has 1 saturated carbocycles. The van der Waals surface area contributed by atoms with Crippen LogP contribution < -0.4 is 0 Å². The maximum Gasteiger partial charge on any atom is 0.244 e. The van der Waals surface area contributed by atoms with Crippen LogP contribution in [0.3, 0.4) is 0 Å². The van der Waals surface area contributed by atoms with Gasteiger partial charge in [0.2, 0.25) is 10.0 Å². The standard InChI is InChI=1S/C15H22BrNO2S/c1-12-9-10-15(14(16)11-12)20(18,19)17(2)13-7-5-3-4-6-8-13/h9-11,13H,3-8H2,1-2H3. The van der Waals surface area contributed by atoms with E-state index in [1.54, 1.807) is 17.4 Å². The maximum absolute atomic E-state index is 12.8. The van der Waals surface area contributed by atoms with Gasteiger partial charge in [-0.05, 0) is 53.4 Å². The van der Waals surface area contributed by atoms with Gasteiger partial charge in [0.15, 0.2) is 0 Å². The van der Waals surface area contributed by atoms with Crippen molar-refractivity contribution in [2.45, 2.75) is 56.4 Å². The topological polar surface area (TPSA) is 37.4 Å². The van der Waals surface area contributed by atoms with Gasteiger partial charge >= 0.3 is 0 Å². The first kappa shape index (κ1) is 16.0. The van der Waals surface area contributed by atoms with Crippen molar-refractivity contribution < 1.29 is 8.42 Å². The van der Waals surface area contributed by atoms with Crippen molar-refractivity contribution in [3.05, 3.63) is 28.2 Å². The number of sulfonamides is 1. The van der Waals surface area contributed by atoms with Gasteiger partial charge in [-0.3, -0.25) is 0 Å². The number of hydrogen-bond donors (Lipinski definition) is 0. The Morgan fingerprint density at radius 3 is 2.30 bits per heavy atom. The lowest BCUT2D eigenvalue weighted by Gasteiger charge is -2.27. The predicted molar refractivity (Wildman–Crippen MR) is 85.3 cm³/mol. The van der Waals surface area contributed by atoms with Crippen LogP contribution in [-0.2, 0) is 10.0 Å². The molecular formula is C15H22BrNO2S. The number of nitrogens with zero attached hydrogens (tertiary/aromatic N) is 1. The number of aryl methyl sites for hydroxylation is 1. The van der Waals surface area contributed by atoms with E-state index in [2.05, 4.69) is 15.9 Å². The molecule has 0 radical (unpaired) electrons. The lowest BCUT2D eigenvalue weighted by Crippen LogP contribution is -2.36. The molecule has 1 aromatic rings. The zero-order valence-electron chi connectivity index (χ0n) is 12.1. The molecule has 0 amide bonds. The van der Waals surface area contributed by atoms with Crippen LogP contribution in [0.1, 0.15) is 44.1 Å². The number of halogens is 1. The van der Waals surface area contributed by atoms with Gasteiger partial charge in [-0.15, -0.1) is 0 Å². The first-order chi connectivity index (χ1) is 9.43. The van der Waals surface area contributed by atoms with Gasteiger partial charge in [0.25, 0.3) is 0 Å². The normalized spacial score (nSPS) is 18.2. The Kier molecular flexibility index (Phi) is 5.26. The summed E-state index contributed by atoms with van der Waals surface area (Å²) in [5, 5.41) is 0. The van der Waals surface area contributed by atoms with E-state index in [0.717, 1.165) is 31.2 Å². The smallest absolute Gasteiger partial charge is 0.207 e. The van der Waals surface area contributed by atoms with Gasteiger partial charge < -0.3 is 0 Å². The highest BCUT2D eigenvalue weighted by Gasteiger charge is 2.29.